The third kappa shape index (κ3) is 2.71. The summed E-state index contributed by atoms with van der Waals surface area (Å²) in [7, 11) is 2.05. The zero-order chi connectivity index (χ0) is 15.0. The molecule has 0 aliphatic rings. The molecule has 106 valence electrons. The van der Waals surface area contributed by atoms with Gasteiger partial charge in [-0.2, -0.15) is 0 Å². The maximum atomic E-state index is 6.09. The van der Waals surface area contributed by atoms with E-state index < -0.39 is 0 Å². The lowest BCUT2D eigenvalue weighted by atomic mass is 9.99. The molecule has 0 unspecified atom stereocenters. The van der Waals surface area contributed by atoms with Gasteiger partial charge in [0.05, 0.1) is 5.03 Å². The third-order valence-corrected chi connectivity index (χ3v) is 4.38. The van der Waals surface area contributed by atoms with Gasteiger partial charge in [-0.15, -0.1) is 11.8 Å². The molecule has 0 N–H and O–H groups in total. The predicted molar refractivity (Wildman–Crippen MR) is 92.1 cm³/mol. The van der Waals surface area contributed by atoms with E-state index in [0.29, 0.717) is 5.15 Å². The van der Waals surface area contributed by atoms with Crippen molar-refractivity contribution < 1.29 is 0 Å². The second-order valence-corrected chi connectivity index (χ2v) is 6.11. The van der Waals surface area contributed by atoms with Crippen molar-refractivity contribution in [1.29, 1.82) is 0 Å². The third-order valence-electron chi connectivity index (χ3n) is 3.56. The molecule has 2 aromatic heterocycles. The molecule has 1 aromatic carbocycles. The van der Waals surface area contributed by atoms with Crippen molar-refractivity contribution in [1.82, 2.24) is 9.55 Å². The quantitative estimate of drug-likeness (QED) is 0.499. The summed E-state index contributed by atoms with van der Waals surface area (Å²) in [5.74, 6) is 0. The minimum Gasteiger partial charge on any atom is -0.351 e. The number of benzene rings is 1. The van der Waals surface area contributed by atoms with Gasteiger partial charge in [-0.3, -0.25) is 0 Å². The highest BCUT2D eigenvalue weighted by molar-refractivity contribution is 7.98. The van der Waals surface area contributed by atoms with Crippen molar-refractivity contribution in [3.8, 4) is 0 Å². The number of halogens is 1. The molecule has 2 heterocycles. The molecule has 0 aliphatic carbocycles. The number of hydrogen-bond donors (Lipinski definition) is 0. The Morgan fingerprint density at radius 2 is 2.00 bits per heavy atom. The first-order chi connectivity index (χ1) is 10.1. The van der Waals surface area contributed by atoms with Crippen LogP contribution in [0.15, 0.2) is 54.2 Å². The number of thioether (sulfide) groups is 1. The summed E-state index contributed by atoms with van der Waals surface area (Å²) in [6, 6.07) is 12.4. The first kappa shape index (κ1) is 14.2. The maximum Gasteiger partial charge on any atom is 0.130 e. The molecule has 2 nitrogen and oxygen atoms in total. The molecule has 3 rings (SSSR count). The summed E-state index contributed by atoms with van der Waals surface area (Å²) in [5, 5.41) is 2.61. The van der Waals surface area contributed by atoms with Gasteiger partial charge >= 0.3 is 0 Å². The minimum atomic E-state index is 0.499. The molecule has 21 heavy (non-hydrogen) atoms. The van der Waals surface area contributed by atoms with E-state index in [1.165, 1.54) is 10.9 Å². The van der Waals surface area contributed by atoms with Gasteiger partial charge in [0.2, 0.25) is 0 Å². The van der Waals surface area contributed by atoms with Crippen LogP contribution in [0, 0.1) is 0 Å². The average molecular weight is 315 g/mol. The smallest absolute Gasteiger partial charge is 0.130 e. The summed E-state index contributed by atoms with van der Waals surface area (Å²) in [4.78, 5) is 4.27. The van der Waals surface area contributed by atoms with Crippen LogP contribution < -0.4 is 0 Å². The van der Waals surface area contributed by atoms with Gasteiger partial charge in [0.1, 0.15) is 5.15 Å². The van der Waals surface area contributed by atoms with Crippen LogP contribution in [0.3, 0.4) is 0 Å². The number of pyridine rings is 1. The van der Waals surface area contributed by atoms with Gasteiger partial charge in [0.15, 0.2) is 0 Å². The fourth-order valence-electron chi connectivity index (χ4n) is 2.39. The van der Waals surface area contributed by atoms with E-state index in [-0.39, 0.29) is 0 Å². The Hall–Kier alpha value is -1.71. The van der Waals surface area contributed by atoms with Crippen molar-refractivity contribution in [2.24, 2.45) is 7.05 Å². The first-order valence-electron chi connectivity index (χ1n) is 6.55. The normalized spacial score (nSPS) is 11.0. The highest BCUT2D eigenvalue weighted by Crippen LogP contribution is 2.28. The predicted octanol–water partition coefficient (Wildman–Crippen LogP) is 5.01. The number of rotatable bonds is 3. The lowest BCUT2D eigenvalue weighted by Crippen LogP contribution is -1.90. The Balaban J connectivity index is 2.05. The molecule has 0 radical (unpaired) electrons. The molecule has 0 saturated carbocycles. The van der Waals surface area contributed by atoms with Crippen molar-refractivity contribution >= 4 is 39.8 Å². The van der Waals surface area contributed by atoms with Crippen molar-refractivity contribution in [2.45, 2.75) is 5.03 Å². The highest BCUT2D eigenvalue weighted by atomic mass is 35.5. The molecule has 0 saturated heterocycles. The van der Waals surface area contributed by atoms with Gasteiger partial charge in [-0.25, -0.2) is 4.98 Å². The molecule has 4 heteroatoms. The number of fused-ring (bicyclic) bond motifs is 1. The standard InChI is InChI=1S/C17H15ClN2S/c1-11(14-9-16(18)19-17(10-14)21-3)12-4-5-15-13(8-12)6-7-20(15)2/h4-10H,1H2,2-3H3. The summed E-state index contributed by atoms with van der Waals surface area (Å²) >= 11 is 7.67. The van der Waals surface area contributed by atoms with Gasteiger partial charge in [0.25, 0.3) is 0 Å². The van der Waals surface area contributed by atoms with Gasteiger partial charge in [0, 0.05) is 24.1 Å². The van der Waals surface area contributed by atoms with E-state index >= 15 is 0 Å². The van der Waals surface area contributed by atoms with E-state index in [0.717, 1.165) is 21.7 Å². The molecular weight excluding hydrogens is 300 g/mol. The highest BCUT2D eigenvalue weighted by Gasteiger charge is 2.08. The lowest BCUT2D eigenvalue weighted by Gasteiger charge is -2.09. The van der Waals surface area contributed by atoms with Crippen LogP contribution in [0.1, 0.15) is 11.1 Å². The van der Waals surface area contributed by atoms with Gasteiger partial charge in [-0.1, -0.05) is 24.2 Å². The van der Waals surface area contributed by atoms with Crippen molar-refractivity contribution in [3.63, 3.8) is 0 Å². The van der Waals surface area contributed by atoms with Gasteiger partial charge in [-0.05, 0) is 53.3 Å². The van der Waals surface area contributed by atoms with Crippen LogP contribution in [-0.4, -0.2) is 15.8 Å². The number of hydrogen-bond acceptors (Lipinski definition) is 2. The Bertz CT molecular complexity index is 836. The Kier molecular flexibility index (Phi) is 3.79. The molecule has 0 spiro atoms. The molecule has 0 fully saturated rings. The number of aryl methyl sites for hydroxylation is 1. The van der Waals surface area contributed by atoms with E-state index in [9.17, 15) is 0 Å². The van der Waals surface area contributed by atoms with Crippen LogP contribution in [0.4, 0.5) is 0 Å². The second-order valence-electron chi connectivity index (χ2n) is 4.90. The van der Waals surface area contributed by atoms with Crippen LogP contribution in [0.25, 0.3) is 16.5 Å². The van der Waals surface area contributed by atoms with Crippen molar-refractivity contribution in [2.75, 3.05) is 6.26 Å². The SMILES string of the molecule is C=C(c1cc(Cl)nc(SC)c1)c1ccc2c(ccn2C)c1. The monoisotopic (exact) mass is 314 g/mol. The average Bonchev–Trinajstić information content (AvgIpc) is 2.86. The molecule has 0 amide bonds. The summed E-state index contributed by atoms with van der Waals surface area (Å²) in [5.41, 5.74) is 4.28. The minimum absolute atomic E-state index is 0.499. The fraction of sp³-hybridized carbons (Fsp3) is 0.118. The zero-order valence-electron chi connectivity index (χ0n) is 11.9. The topological polar surface area (TPSA) is 17.8 Å². The van der Waals surface area contributed by atoms with Crippen molar-refractivity contribution in [3.05, 3.63) is 65.5 Å². The fourth-order valence-corrected chi connectivity index (χ4v) is 3.08. The first-order valence-corrected chi connectivity index (χ1v) is 8.15. The summed E-state index contributed by atoms with van der Waals surface area (Å²) in [6.45, 7) is 4.22. The summed E-state index contributed by atoms with van der Waals surface area (Å²) < 4.78 is 2.11. The lowest BCUT2D eigenvalue weighted by molar-refractivity contribution is 0.969. The van der Waals surface area contributed by atoms with Crippen LogP contribution >= 0.6 is 23.4 Å². The van der Waals surface area contributed by atoms with E-state index in [1.54, 1.807) is 11.8 Å². The molecule has 0 atom stereocenters. The number of nitrogens with zero attached hydrogens (tertiary/aromatic N) is 2. The van der Waals surface area contributed by atoms with E-state index in [4.69, 9.17) is 11.6 Å². The van der Waals surface area contributed by atoms with Crippen LogP contribution in [0.2, 0.25) is 5.15 Å². The van der Waals surface area contributed by atoms with Crippen LogP contribution in [0.5, 0.6) is 0 Å². The molecule has 0 bridgehead atoms. The van der Waals surface area contributed by atoms with E-state index in [2.05, 4.69) is 46.6 Å². The summed E-state index contributed by atoms with van der Waals surface area (Å²) in [6.07, 6.45) is 4.05. The number of aromatic nitrogens is 2. The molecular formula is C17H15ClN2S. The van der Waals surface area contributed by atoms with E-state index in [1.807, 2.05) is 25.4 Å². The maximum absolute atomic E-state index is 6.09. The van der Waals surface area contributed by atoms with Crippen LogP contribution in [-0.2, 0) is 7.05 Å². The Morgan fingerprint density at radius 1 is 1.19 bits per heavy atom. The Morgan fingerprint density at radius 3 is 2.76 bits per heavy atom. The molecule has 3 aromatic rings. The molecule has 0 aliphatic heterocycles. The Labute approximate surface area is 133 Å². The second kappa shape index (κ2) is 5.58. The largest absolute Gasteiger partial charge is 0.351 e. The zero-order valence-corrected chi connectivity index (χ0v) is 13.5. The van der Waals surface area contributed by atoms with Gasteiger partial charge < -0.3 is 4.57 Å².